The maximum Gasteiger partial charge on any atom is 0.304 e. The van der Waals surface area contributed by atoms with Gasteiger partial charge in [-0.2, -0.15) is 12.7 Å². The summed E-state index contributed by atoms with van der Waals surface area (Å²) in [4.78, 5) is 25.2. The Hall–Kier alpha value is -1.26. The largest absolute Gasteiger partial charge is 0.369 e. The molecule has 12 heteroatoms. The number of carbonyl (C=O) groups is 2. The SMILES string of the molecule is NC(=O)C12CC3C[C@H](C1)C(NC(=O)CN1CCCN(c4c(Cl)cc(Cl)cc4Cl)S1(=O)=O)[C@@H](C3)C2. The molecule has 1 saturated heterocycles. The molecule has 3 N–H and O–H groups in total. The first kappa shape index (κ1) is 24.4. The zero-order valence-electron chi connectivity index (χ0n) is 18.5. The lowest BCUT2D eigenvalue weighted by molar-refractivity contribution is -0.147. The molecule has 4 saturated carbocycles. The van der Waals surface area contributed by atoms with Crippen LogP contribution < -0.4 is 15.4 Å². The molecular formula is C22H27Cl3N4O4S. The highest BCUT2D eigenvalue weighted by atomic mass is 35.5. The van der Waals surface area contributed by atoms with Gasteiger partial charge in [-0.3, -0.25) is 13.9 Å². The van der Waals surface area contributed by atoms with E-state index < -0.39 is 15.6 Å². The summed E-state index contributed by atoms with van der Waals surface area (Å²) >= 11 is 18.5. The van der Waals surface area contributed by atoms with Crippen molar-refractivity contribution < 1.29 is 18.0 Å². The Morgan fingerprint density at radius 2 is 1.68 bits per heavy atom. The molecule has 5 fully saturated rings. The van der Waals surface area contributed by atoms with Crippen LogP contribution in [-0.4, -0.2) is 50.2 Å². The maximum absolute atomic E-state index is 13.4. The summed E-state index contributed by atoms with van der Waals surface area (Å²) in [5, 5.41) is 3.66. The van der Waals surface area contributed by atoms with Gasteiger partial charge in [0.15, 0.2) is 0 Å². The van der Waals surface area contributed by atoms with Crippen LogP contribution in [0.1, 0.15) is 38.5 Å². The van der Waals surface area contributed by atoms with Crippen molar-refractivity contribution in [1.82, 2.24) is 9.62 Å². The predicted octanol–water partition coefficient (Wildman–Crippen LogP) is 3.20. The van der Waals surface area contributed by atoms with E-state index in [0.717, 1.165) is 27.9 Å². The number of amides is 2. The van der Waals surface area contributed by atoms with Gasteiger partial charge in [-0.1, -0.05) is 34.8 Å². The minimum absolute atomic E-state index is 0.0553. The van der Waals surface area contributed by atoms with Crippen LogP contribution in [0.5, 0.6) is 0 Å². The van der Waals surface area contributed by atoms with E-state index >= 15 is 0 Å². The smallest absolute Gasteiger partial charge is 0.304 e. The van der Waals surface area contributed by atoms with Crippen LogP contribution in [0.4, 0.5) is 5.69 Å². The van der Waals surface area contributed by atoms with Crippen molar-refractivity contribution in [3.05, 3.63) is 27.2 Å². The van der Waals surface area contributed by atoms with Gasteiger partial charge in [0.25, 0.3) is 0 Å². The van der Waals surface area contributed by atoms with Crippen LogP contribution in [0.25, 0.3) is 0 Å². The van der Waals surface area contributed by atoms with E-state index in [0.29, 0.717) is 30.2 Å². The molecule has 5 atom stereocenters. The Morgan fingerprint density at radius 1 is 1.06 bits per heavy atom. The third kappa shape index (κ3) is 4.07. The van der Waals surface area contributed by atoms with E-state index in [1.54, 1.807) is 0 Å². The fourth-order valence-electron chi connectivity index (χ4n) is 6.87. The van der Waals surface area contributed by atoms with E-state index in [4.69, 9.17) is 40.5 Å². The van der Waals surface area contributed by atoms with Crippen molar-refractivity contribution in [1.29, 1.82) is 0 Å². The molecule has 3 unspecified atom stereocenters. The maximum atomic E-state index is 13.4. The van der Waals surface area contributed by atoms with E-state index in [9.17, 15) is 18.0 Å². The molecule has 1 aromatic rings. The average Bonchev–Trinajstić information content (AvgIpc) is 2.72. The minimum Gasteiger partial charge on any atom is -0.369 e. The first-order chi connectivity index (χ1) is 16.0. The summed E-state index contributed by atoms with van der Waals surface area (Å²) in [5.74, 6) is 0.302. The van der Waals surface area contributed by atoms with Crippen LogP contribution in [-0.2, 0) is 19.8 Å². The topological polar surface area (TPSA) is 113 Å². The predicted molar refractivity (Wildman–Crippen MR) is 131 cm³/mol. The molecule has 0 spiro atoms. The fraction of sp³-hybridized carbons (Fsp3) is 0.636. The standard InChI is InChI=1S/C22H27Cl3N4O4S/c23-15-6-16(24)20(17(25)7-15)29-3-1-2-28(34(29,32)33)11-18(30)27-19-13-4-12-5-14(19)10-22(8-12,9-13)21(26)31/h6-7,12-14,19H,1-5,8-11H2,(H2,26,31)(H,27,30)/t12?,13-,14+,19?,22?. The zero-order chi connectivity index (χ0) is 24.4. The number of nitrogens with zero attached hydrogens (tertiary/aromatic N) is 2. The highest BCUT2D eigenvalue weighted by Crippen LogP contribution is 2.59. The lowest BCUT2D eigenvalue weighted by Crippen LogP contribution is -2.63. The summed E-state index contributed by atoms with van der Waals surface area (Å²) in [7, 11) is -4.02. The van der Waals surface area contributed by atoms with Gasteiger partial charge in [0.05, 0.1) is 22.3 Å². The molecule has 0 radical (unpaired) electrons. The molecule has 1 aliphatic heterocycles. The molecule has 186 valence electrons. The Morgan fingerprint density at radius 3 is 2.26 bits per heavy atom. The number of halogens is 3. The first-order valence-corrected chi connectivity index (χ1v) is 14.0. The number of rotatable bonds is 5. The van der Waals surface area contributed by atoms with Crippen LogP contribution in [0.3, 0.4) is 0 Å². The second-order valence-electron chi connectivity index (χ2n) is 10.2. The number of nitrogens with two attached hydrogens (primary N) is 1. The van der Waals surface area contributed by atoms with Gasteiger partial charge in [0.2, 0.25) is 11.8 Å². The van der Waals surface area contributed by atoms with Gasteiger partial charge >= 0.3 is 10.2 Å². The number of primary amides is 1. The fourth-order valence-corrected chi connectivity index (χ4v) is 9.70. The van der Waals surface area contributed by atoms with Crippen LogP contribution in [0, 0.1) is 23.2 Å². The minimum atomic E-state index is -4.02. The molecule has 0 aromatic heterocycles. The monoisotopic (exact) mass is 548 g/mol. The normalized spacial score (nSPS) is 34.3. The van der Waals surface area contributed by atoms with Crippen molar-refractivity contribution in [2.24, 2.45) is 28.9 Å². The zero-order valence-corrected chi connectivity index (χ0v) is 21.6. The molecule has 5 aliphatic rings. The van der Waals surface area contributed by atoms with E-state index in [-0.39, 0.29) is 65.1 Å². The molecule has 1 aromatic carbocycles. The number of hydrogen-bond donors (Lipinski definition) is 2. The van der Waals surface area contributed by atoms with Gasteiger partial charge in [-0.05, 0) is 68.4 Å². The quantitative estimate of drug-likeness (QED) is 0.587. The van der Waals surface area contributed by atoms with Crippen LogP contribution in [0.15, 0.2) is 12.1 Å². The Kier molecular flexibility index (Phi) is 6.25. The number of nitrogens with one attached hydrogen (secondary N) is 1. The molecule has 1 heterocycles. The lowest BCUT2D eigenvalue weighted by atomic mass is 9.47. The molecule has 4 bridgehead atoms. The summed E-state index contributed by atoms with van der Waals surface area (Å²) in [6.07, 6.45) is 4.71. The number of hydrogen-bond acceptors (Lipinski definition) is 4. The number of benzene rings is 1. The van der Waals surface area contributed by atoms with Crippen LogP contribution in [0.2, 0.25) is 15.1 Å². The lowest BCUT2D eigenvalue weighted by Gasteiger charge is -2.58. The van der Waals surface area contributed by atoms with Gasteiger partial charge in [0, 0.05) is 29.6 Å². The molecule has 4 aliphatic carbocycles. The Labute approximate surface area is 214 Å². The van der Waals surface area contributed by atoms with Crippen molar-refractivity contribution in [3.63, 3.8) is 0 Å². The molecule has 8 nitrogen and oxygen atoms in total. The molecule has 34 heavy (non-hydrogen) atoms. The highest BCUT2D eigenvalue weighted by molar-refractivity contribution is 7.90. The Bertz CT molecular complexity index is 1110. The van der Waals surface area contributed by atoms with Crippen molar-refractivity contribution in [2.45, 2.75) is 44.6 Å². The summed E-state index contributed by atoms with van der Waals surface area (Å²) in [5.41, 5.74) is 5.48. The second kappa shape index (κ2) is 8.69. The third-order valence-corrected chi connectivity index (χ3v) is 10.7. The van der Waals surface area contributed by atoms with Gasteiger partial charge in [-0.15, -0.1) is 0 Å². The summed E-state index contributed by atoms with van der Waals surface area (Å²) < 4.78 is 29.0. The second-order valence-corrected chi connectivity index (χ2v) is 13.3. The van der Waals surface area contributed by atoms with Crippen molar-refractivity contribution in [3.8, 4) is 0 Å². The summed E-state index contributed by atoms with van der Waals surface area (Å²) in [6.45, 7) is 0.131. The average molecular weight is 550 g/mol. The van der Waals surface area contributed by atoms with Crippen molar-refractivity contribution >= 4 is 62.5 Å². The summed E-state index contributed by atoms with van der Waals surface area (Å²) in [6, 6.07) is 2.83. The number of carbonyl (C=O) groups excluding carboxylic acids is 2. The molecule has 6 rings (SSSR count). The molecular weight excluding hydrogens is 523 g/mol. The first-order valence-electron chi connectivity index (χ1n) is 11.5. The molecule has 2 amide bonds. The van der Waals surface area contributed by atoms with Crippen molar-refractivity contribution in [2.75, 3.05) is 23.9 Å². The van der Waals surface area contributed by atoms with Crippen LogP contribution >= 0.6 is 34.8 Å². The van der Waals surface area contributed by atoms with E-state index in [1.807, 2.05) is 0 Å². The van der Waals surface area contributed by atoms with E-state index in [2.05, 4.69) is 5.32 Å². The highest BCUT2D eigenvalue weighted by Gasteiger charge is 2.58. The number of anilines is 1. The van der Waals surface area contributed by atoms with Gasteiger partial charge < -0.3 is 11.1 Å². The Balaban J connectivity index is 1.30. The third-order valence-electron chi connectivity index (χ3n) is 8.05. The van der Waals surface area contributed by atoms with E-state index in [1.165, 1.54) is 12.1 Å². The van der Waals surface area contributed by atoms with Gasteiger partial charge in [0.1, 0.15) is 0 Å². The van der Waals surface area contributed by atoms with Gasteiger partial charge in [-0.25, -0.2) is 0 Å².